The van der Waals surface area contributed by atoms with Crippen LogP contribution >= 0.6 is 11.9 Å². The summed E-state index contributed by atoms with van der Waals surface area (Å²) in [4.78, 5) is 47.9. The van der Waals surface area contributed by atoms with E-state index in [1.807, 2.05) is 0 Å². The van der Waals surface area contributed by atoms with Crippen LogP contribution in [0.1, 0.15) is 33.1 Å². The van der Waals surface area contributed by atoms with Crippen molar-refractivity contribution in [3.63, 3.8) is 0 Å². The summed E-state index contributed by atoms with van der Waals surface area (Å²) in [6.07, 6.45) is 2.42. The number of fused-ring (bicyclic) bond motifs is 1. The second-order valence-corrected chi connectivity index (χ2v) is 6.62. The van der Waals surface area contributed by atoms with E-state index in [2.05, 4.69) is 9.90 Å². The van der Waals surface area contributed by atoms with Gasteiger partial charge in [-0.3, -0.25) is 14.5 Å². The van der Waals surface area contributed by atoms with Gasteiger partial charge in [0.05, 0.1) is 5.57 Å². The van der Waals surface area contributed by atoms with Crippen LogP contribution in [0.2, 0.25) is 0 Å². The number of imide groups is 1. The molecule has 1 aliphatic carbocycles. The topological polar surface area (TPSA) is 105 Å². The van der Waals surface area contributed by atoms with Gasteiger partial charge in [-0.05, 0) is 26.7 Å². The quantitative estimate of drug-likeness (QED) is 0.275. The number of nitroso groups, excluding NO2 is 1. The van der Waals surface area contributed by atoms with Crippen molar-refractivity contribution in [2.45, 2.75) is 44.4 Å². The molecule has 1 saturated carbocycles. The summed E-state index contributed by atoms with van der Waals surface area (Å²) in [6.45, 7) is 3.04. The normalized spacial score (nSPS) is 26.6. The maximum Gasteiger partial charge on any atom is 0.325 e. The minimum absolute atomic E-state index is 0.111. The molecule has 23 heavy (non-hydrogen) atoms. The fourth-order valence-electron chi connectivity index (χ4n) is 3.20. The predicted molar refractivity (Wildman–Crippen MR) is 84.1 cm³/mol. The molecule has 3 unspecified atom stereocenters. The van der Waals surface area contributed by atoms with Gasteiger partial charge in [-0.25, -0.2) is 4.79 Å². The number of allylic oxidation sites excluding steroid dienone is 1. The van der Waals surface area contributed by atoms with E-state index in [0.717, 1.165) is 19.3 Å². The molecule has 0 aromatic carbocycles. The first-order chi connectivity index (χ1) is 10.9. The van der Waals surface area contributed by atoms with Crippen molar-refractivity contribution in [1.29, 1.82) is 0 Å². The van der Waals surface area contributed by atoms with Gasteiger partial charge in [-0.1, -0.05) is 6.42 Å². The Morgan fingerprint density at radius 3 is 2.74 bits per heavy atom. The lowest BCUT2D eigenvalue weighted by Crippen LogP contribution is -2.44. The molecule has 1 aliphatic heterocycles. The van der Waals surface area contributed by atoms with E-state index in [9.17, 15) is 19.3 Å². The molecule has 3 amide bonds. The molecule has 0 bridgehead atoms. The molecule has 2 rings (SSSR count). The van der Waals surface area contributed by atoms with Crippen molar-refractivity contribution in [2.24, 2.45) is 10.5 Å². The summed E-state index contributed by atoms with van der Waals surface area (Å²) in [5, 5.41) is 1.71. The largest absolute Gasteiger partial charge is 0.430 e. The van der Waals surface area contributed by atoms with Crippen LogP contribution in [-0.4, -0.2) is 41.1 Å². The Balaban J connectivity index is 2.26. The highest BCUT2D eigenvalue weighted by atomic mass is 32.2. The molecule has 0 spiro atoms. The van der Waals surface area contributed by atoms with Crippen molar-refractivity contribution in [1.82, 2.24) is 10.2 Å². The highest BCUT2D eigenvalue weighted by Crippen LogP contribution is 2.43. The van der Waals surface area contributed by atoms with E-state index in [1.165, 1.54) is 18.9 Å². The maximum atomic E-state index is 12.6. The lowest BCUT2D eigenvalue weighted by molar-refractivity contribution is -0.138. The Morgan fingerprint density at radius 1 is 1.43 bits per heavy atom. The molecule has 0 radical (unpaired) electrons. The molecule has 0 aromatic heterocycles. The van der Waals surface area contributed by atoms with Crippen molar-refractivity contribution >= 4 is 29.9 Å². The second-order valence-electron chi connectivity index (χ2n) is 5.55. The molecule has 1 heterocycles. The smallest absolute Gasteiger partial charge is 0.325 e. The Hall–Kier alpha value is -1.90. The van der Waals surface area contributed by atoms with Crippen molar-refractivity contribution in [3.05, 3.63) is 16.2 Å². The molecular formula is C14H19N3O5S. The Bertz CT molecular complexity index is 577. The number of carbonyl (C=O) groups is 3. The van der Waals surface area contributed by atoms with Gasteiger partial charge in [0.1, 0.15) is 11.0 Å². The van der Waals surface area contributed by atoms with Gasteiger partial charge >= 0.3 is 12.0 Å². The minimum atomic E-state index is -0.756. The third-order valence-corrected chi connectivity index (χ3v) is 4.82. The number of carbonyl (C=O) groups excluding carboxylic acids is 3. The average molecular weight is 341 g/mol. The summed E-state index contributed by atoms with van der Waals surface area (Å²) >= 11 is 0.566. The van der Waals surface area contributed by atoms with E-state index in [0.29, 0.717) is 17.5 Å². The number of likely N-dealkylation sites (tertiary alicyclic amines) is 1. The lowest BCUT2D eigenvalue weighted by Gasteiger charge is -2.20. The highest BCUT2D eigenvalue weighted by molar-refractivity contribution is 7.99. The van der Waals surface area contributed by atoms with Crippen LogP contribution in [0, 0.1) is 10.8 Å². The van der Waals surface area contributed by atoms with Gasteiger partial charge < -0.3 is 10.1 Å². The molecule has 8 nitrogen and oxygen atoms in total. The Kier molecular flexibility index (Phi) is 5.40. The number of urea groups is 1. The van der Waals surface area contributed by atoms with Crippen molar-refractivity contribution in [2.75, 3.05) is 7.05 Å². The zero-order valence-electron chi connectivity index (χ0n) is 13.2. The number of hydrogen-bond donors (Lipinski definition) is 1. The van der Waals surface area contributed by atoms with Crippen LogP contribution in [0.15, 0.2) is 15.9 Å². The first-order valence-electron chi connectivity index (χ1n) is 7.38. The number of nitrogens with zero attached hydrogens (tertiary/aromatic N) is 2. The number of hydrogen-bond acceptors (Lipinski definition) is 7. The number of amides is 3. The number of esters is 1. The van der Waals surface area contributed by atoms with Crippen LogP contribution in [0.25, 0.3) is 0 Å². The first-order valence-corrected chi connectivity index (χ1v) is 8.22. The average Bonchev–Trinajstić information content (AvgIpc) is 3.05. The number of ether oxygens (including phenoxy) is 1. The molecule has 126 valence electrons. The zero-order valence-corrected chi connectivity index (χ0v) is 14.0. The third kappa shape index (κ3) is 3.24. The van der Waals surface area contributed by atoms with E-state index in [4.69, 9.17) is 4.74 Å². The summed E-state index contributed by atoms with van der Waals surface area (Å²) < 4.78 is 7.83. The molecule has 2 aliphatic rings. The Morgan fingerprint density at radius 2 is 2.13 bits per heavy atom. The van der Waals surface area contributed by atoms with Crippen molar-refractivity contribution in [3.8, 4) is 0 Å². The number of nitrogens with one attached hydrogen (secondary N) is 1. The van der Waals surface area contributed by atoms with E-state index < -0.39 is 23.2 Å². The van der Waals surface area contributed by atoms with Gasteiger partial charge in [-0.15, -0.1) is 4.91 Å². The SMILES string of the molecule is CNC(=O)N1C(=O)/C(=C(/C)OC(=O)C(C)SN=O)C2CCCC21. The standard InChI is InChI=1S/C14H19N3O5S/c1-7(22-13(19)8(2)23-16-21)11-9-5-4-6-10(9)17(12(11)18)14(20)15-3/h8-10H,4-6H2,1-3H3,(H,15,20)/b11-7-. The molecule has 3 atom stereocenters. The van der Waals surface area contributed by atoms with Crippen LogP contribution in [-0.2, 0) is 14.3 Å². The molecule has 1 N–H and O–H groups in total. The van der Waals surface area contributed by atoms with Crippen molar-refractivity contribution < 1.29 is 19.1 Å². The van der Waals surface area contributed by atoms with Crippen LogP contribution in [0.4, 0.5) is 4.79 Å². The number of rotatable bonds is 4. The van der Waals surface area contributed by atoms with Gasteiger partial charge in [0, 0.05) is 35.5 Å². The van der Waals surface area contributed by atoms with E-state index in [-0.39, 0.29) is 17.7 Å². The fraction of sp³-hybridized carbons (Fsp3) is 0.643. The molecule has 9 heteroatoms. The van der Waals surface area contributed by atoms with Gasteiger partial charge in [0.15, 0.2) is 0 Å². The minimum Gasteiger partial charge on any atom is -0.430 e. The van der Waals surface area contributed by atoms with Crippen LogP contribution in [0.3, 0.4) is 0 Å². The molecule has 2 fully saturated rings. The van der Waals surface area contributed by atoms with E-state index >= 15 is 0 Å². The van der Waals surface area contributed by atoms with Gasteiger partial charge in [0.2, 0.25) is 0 Å². The fourth-order valence-corrected chi connectivity index (χ4v) is 3.46. The highest BCUT2D eigenvalue weighted by Gasteiger charge is 2.50. The van der Waals surface area contributed by atoms with E-state index in [1.54, 1.807) is 6.92 Å². The molecule has 0 aromatic rings. The summed E-state index contributed by atoms with van der Waals surface area (Å²) in [5.74, 6) is -0.972. The first kappa shape index (κ1) is 17.5. The third-order valence-electron chi connectivity index (χ3n) is 4.23. The maximum absolute atomic E-state index is 12.6. The van der Waals surface area contributed by atoms with Gasteiger partial charge in [0.25, 0.3) is 5.91 Å². The predicted octanol–water partition coefficient (Wildman–Crippen LogP) is 1.96. The summed E-state index contributed by atoms with van der Waals surface area (Å²) in [7, 11) is 1.47. The lowest BCUT2D eigenvalue weighted by atomic mass is 9.97. The molecular weight excluding hydrogens is 322 g/mol. The summed E-state index contributed by atoms with van der Waals surface area (Å²) in [5.41, 5.74) is 0.376. The molecule has 1 saturated heterocycles. The zero-order chi connectivity index (χ0) is 17.1. The second kappa shape index (κ2) is 7.12. The van der Waals surface area contributed by atoms with Crippen LogP contribution < -0.4 is 5.32 Å². The summed E-state index contributed by atoms with van der Waals surface area (Å²) in [6, 6.07) is -0.635. The van der Waals surface area contributed by atoms with Gasteiger partial charge in [-0.2, -0.15) is 0 Å². The Labute approximate surface area is 138 Å². The van der Waals surface area contributed by atoms with Crippen LogP contribution in [0.5, 0.6) is 0 Å². The monoisotopic (exact) mass is 341 g/mol.